The fourth-order valence-corrected chi connectivity index (χ4v) is 3.59. The van der Waals surface area contributed by atoms with E-state index in [2.05, 4.69) is 19.5 Å². The normalized spacial score (nSPS) is 36.6. The summed E-state index contributed by atoms with van der Waals surface area (Å²) in [5.74, 6) is 0.202. The van der Waals surface area contributed by atoms with Crippen molar-refractivity contribution >= 4 is 54.4 Å². The molecule has 2 aliphatic rings. The third kappa shape index (κ3) is 2.82. The smallest absolute Gasteiger partial charge is 0.386 e. The van der Waals surface area contributed by atoms with E-state index >= 15 is 0 Å². The second kappa shape index (κ2) is 6.03. The molecule has 4 N–H and O–H groups in total. The number of imidazole rings is 1. The molecule has 5 atom stereocenters. The summed E-state index contributed by atoms with van der Waals surface area (Å²) in [7, 11) is -4.16. The van der Waals surface area contributed by atoms with Crippen molar-refractivity contribution < 1.29 is 28.3 Å². The van der Waals surface area contributed by atoms with Crippen LogP contribution in [0.5, 0.6) is 0 Å². The van der Waals surface area contributed by atoms with Crippen molar-refractivity contribution in [2.45, 2.75) is 24.5 Å². The van der Waals surface area contributed by atoms with Gasteiger partial charge in [-0.25, -0.2) is 19.5 Å². The summed E-state index contributed by atoms with van der Waals surface area (Å²) in [6, 6.07) is 0. The number of aromatic nitrogens is 4. The van der Waals surface area contributed by atoms with Gasteiger partial charge >= 0.3 is 7.82 Å². The second-order valence-corrected chi connectivity index (χ2v) is 6.38. The summed E-state index contributed by atoms with van der Waals surface area (Å²) in [5.41, 5.74) is 6.46. The second-order valence-electron chi connectivity index (χ2n) is 4.97. The van der Waals surface area contributed by atoms with Crippen molar-refractivity contribution in [3.63, 3.8) is 0 Å². The van der Waals surface area contributed by atoms with Crippen LogP contribution in [0.4, 0.5) is 5.82 Å². The van der Waals surface area contributed by atoms with Gasteiger partial charge in [0.1, 0.15) is 30.2 Å². The number of fused-ring (bicyclic) bond motifs is 2. The number of aliphatic hydroxyl groups is 1. The van der Waals surface area contributed by atoms with Crippen molar-refractivity contribution in [2.24, 2.45) is 0 Å². The number of nitrogen functional groups attached to an aromatic ring is 1. The number of hydrogen-bond acceptors (Lipinski definition) is 9. The molecular formula is C10H12N5NaO6P. The molecule has 13 heteroatoms. The van der Waals surface area contributed by atoms with Crippen molar-refractivity contribution in [2.75, 3.05) is 12.3 Å². The minimum absolute atomic E-state index is 0. The molecular weight excluding hydrogens is 340 g/mol. The van der Waals surface area contributed by atoms with Crippen molar-refractivity contribution in [1.29, 1.82) is 0 Å². The van der Waals surface area contributed by atoms with E-state index in [1.54, 1.807) is 0 Å². The van der Waals surface area contributed by atoms with E-state index in [9.17, 15) is 14.6 Å². The van der Waals surface area contributed by atoms with Gasteiger partial charge < -0.3 is 20.5 Å². The Morgan fingerprint density at radius 2 is 2.17 bits per heavy atom. The Hall–Kier alpha value is -0.620. The third-order valence-corrected chi connectivity index (χ3v) is 4.61. The maximum atomic E-state index is 11.5. The van der Waals surface area contributed by atoms with Crippen LogP contribution in [0.2, 0.25) is 0 Å². The molecule has 2 aliphatic heterocycles. The minimum Gasteiger partial charge on any atom is -0.386 e. The molecule has 11 nitrogen and oxygen atoms in total. The van der Waals surface area contributed by atoms with Gasteiger partial charge in [-0.1, -0.05) is 0 Å². The quantitative estimate of drug-likeness (QED) is 0.421. The topological polar surface area (TPSA) is 155 Å². The van der Waals surface area contributed by atoms with Crippen molar-refractivity contribution in [3.8, 4) is 0 Å². The first-order valence-electron chi connectivity index (χ1n) is 6.38. The SMILES string of the molecule is Nc1ncnc2c1ncn2C1O[C@@H]2COP(=O)(O)O[C@@H]2C1O.[Na]. The third-order valence-electron chi connectivity index (χ3n) is 3.63. The number of aliphatic hydroxyl groups excluding tert-OH is 1. The largest absolute Gasteiger partial charge is 0.472 e. The Morgan fingerprint density at radius 1 is 1.39 bits per heavy atom. The van der Waals surface area contributed by atoms with E-state index in [0.717, 1.165) is 0 Å². The maximum Gasteiger partial charge on any atom is 0.472 e. The standard InChI is InChI=1S/C10H12N5O6P.Na/c11-8-5-9(13-2-12-8)15(3-14-5)10-6(16)7-4(20-10)1-19-22(17,18)21-7;/h2-4,6-7,10,16H,1H2,(H,17,18)(H2,11,12,13);/t4-,6?,7+,10?;/m1./s1. The van der Waals surface area contributed by atoms with Crippen LogP contribution in [0.15, 0.2) is 12.7 Å². The van der Waals surface area contributed by atoms with Crippen LogP contribution < -0.4 is 5.73 Å². The summed E-state index contributed by atoms with van der Waals surface area (Å²) in [4.78, 5) is 21.3. The van der Waals surface area contributed by atoms with Crippen LogP contribution in [0.25, 0.3) is 11.2 Å². The number of hydrogen-bond donors (Lipinski definition) is 3. The van der Waals surface area contributed by atoms with E-state index in [-0.39, 0.29) is 42.0 Å². The number of ether oxygens (including phenoxy) is 1. The summed E-state index contributed by atoms with van der Waals surface area (Å²) in [6.07, 6.45) is -1.07. The fourth-order valence-electron chi connectivity index (χ4n) is 2.62. The molecule has 2 saturated heterocycles. The van der Waals surface area contributed by atoms with Gasteiger partial charge in [-0.3, -0.25) is 13.6 Å². The Balaban J connectivity index is 0.00000156. The van der Waals surface area contributed by atoms with Gasteiger partial charge in [0.2, 0.25) is 0 Å². The van der Waals surface area contributed by atoms with E-state index in [4.69, 9.17) is 15.0 Å². The maximum absolute atomic E-state index is 11.5. The van der Waals surface area contributed by atoms with Crippen molar-refractivity contribution in [1.82, 2.24) is 19.5 Å². The molecule has 2 aromatic rings. The van der Waals surface area contributed by atoms with Gasteiger partial charge in [-0.05, 0) is 0 Å². The van der Waals surface area contributed by atoms with E-state index < -0.39 is 32.4 Å². The molecule has 0 aromatic carbocycles. The molecule has 0 amide bonds. The molecule has 0 bridgehead atoms. The van der Waals surface area contributed by atoms with Crippen LogP contribution in [0.3, 0.4) is 0 Å². The van der Waals surface area contributed by atoms with E-state index in [1.807, 2.05) is 0 Å². The predicted molar refractivity (Wildman–Crippen MR) is 76.1 cm³/mol. The van der Waals surface area contributed by atoms with Gasteiger partial charge in [0, 0.05) is 29.6 Å². The van der Waals surface area contributed by atoms with Gasteiger partial charge in [0.15, 0.2) is 17.7 Å². The van der Waals surface area contributed by atoms with Crippen LogP contribution >= 0.6 is 7.82 Å². The molecule has 4 heterocycles. The van der Waals surface area contributed by atoms with E-state index in [0.29, 0.717) is 11.2 Å². The van der Waals surface area contributed by atoms with Crippen LogP contribution in [0, 0.1) is 0 Å². The Morgan fingerprint density at radius 3 is 2.96 bits per heavy atom. The molecule has 2 fully saturated rings. The van der Waals surface area contributed by atoms with Gasteiger partial charge in [0.25, 0.3) is 0 Å². The zero-order valence-electron chi connectivity index (χ0n) is 12.0. The number of phosphoric acid groups is 1. The molecule has 1 radical (unpaired) electrons. The minimum atomic E-state index is -4.16. The summed E-state index contributed by atoms with van der Waals surface area (Å²) in [5, 5.41) is 10.4. The van der Waals surface area contributed by atoms with Gasteiger partial charge in [-0.15, -0.1) is 0 Å². The molecule has 4 rings (SSSR count). The number of nitrogens with two attached hydrogens (primary N) is 1. The first kappa shape index (κ1) is 17.2. The monoisotopic (exact) mass is 352 g/mol. The van der Waals surface area contributed by atoms with Crippen LogP contribution in [-0.4, -0.2) is 84.0 Å². The molecule has 0 aliphatic carbocycles. The van der Waals surface area contributed by atoms with Gasteiger partial charge in [0.05, 0.1) is 12.9 Å². The first-order valence-corrected chi connectivity index (χ1v) is 7.88. The summed E-state index contributed by atoms with van der Waals surface area (Å²) in [6.45, 7) is -0.157. The van der Waals surface area contributed by atoms with Crippen LogP contribution in [-0.2, 0) is 18.3 Å². The molecule has 119 valence electrons. The Labute approximate surface area is 151 Å². The average Bonchev–Trinajstić information content (AvgIpc) is 3.01. The van der Waals surface area contributed by atoms with E-state index in [1.165, 1.54) is 17.2 Å². The van der Waals surface area contributed by atoms with Crippen LogP contribution in [0.1, 0.15) is 6.23 Å². The summed E-state index contributed by atoms with van der Waals surface area (Å²) >= 11 is 0. The average molecular weight is 352 g/mol. The number of phosphoric ester groups is 1. The predicted octanol–water partition coefficient (Wildman–Crippen LogP) is -1.20. The first-order chi connectivity index (χ1) is 10.5. The zero-order chi connectivity index (χ0) is 15.5. The van der Waals surface area contributed by atoms with Gasteiger partial charge in [-0.2, -0.15) is 0 Å². The molecule has 23 heavy (non-hydrogen) atoms. The molecule has 0 spiro atoms. The molecule has 2 aromatic heterocycles. The number of nitrogens with zero attached hydrogens (tertiary/aromatic N) is 4. The number of rotatable bonds is 1. The Kier molecular flexibility index (Phi) is 4.51. The zero-order valence-corrected chi connectivity index (χ0v) is 14.9. The Bertz CT molecular complexity index is 788. The van der Waals surface area contributed by atoms with Crippen molar-refractivity contribution in [3.05, 3.63) is 12.7 Å². The number of anilines is 1. The fraction of sp³-hybridized carbons (Fsp3) is 0.500. The molecule has 3 unspecified atom stereocenters. The molecule has 0 saturated carbocycles. The summed E-state index contributed by atoms with van der Waals surface area (Å²) < 4.78 is 28.2.